The Hall–Kier alpha value is -2.34. The first kappa shape index (κ1) is 20.4. The summed E-state index contributed by atoms with van der Waals surface area (Å²) >= 11 is 2.01. The maximum atomic E-state index is 12.3. The zero-order valence-corrected chi connectivity index (χ0v) is 17.4. The highest BCUT2D eigenvalue weighted by Gasteiger charge is 2.19. The second-order valence-corrected chi connectivity index (χ2v) is 7.57. The number of non-ortho nitro benzene ring substituents is 1. The summed E-state index contributed by atoms with van der Waals surface area (Å²) in [6.45, 7) is 5.02. The molecule has 1 N–H and O–H groups in total. The standard InChI is InChI=1S/C18H21IN6O3/c19-16-4-3-14(25(27)28)13-15(16)17(26)20-7-2-8-23-9-11-24(12-10-23)18-21-5-1-6-22-18/h1,3-6,13H,2,7-12H2,(H,20,26). The largest absolute Gasteiger partial charge is 0.352 e. The van der Waals surface area contributed by atoms with Gasteiger partial charge in [0, 0.05) is 60.8 Å². The molecule has 28 heavy (non-hydrogen) atoms. The highest BCUT2D eigenvalue weighted by Crippen LogP contribution is 2.19. The Morgan fingerprint density at radius 3 is 2.61 bits per heavy atom. The van der Waals surface area contributed by atoms with Gasteiger partial charge in [0.25, 0.3) is 11.6 Å². The van der Waals surface area contributed by atoms with Gasteiger partial charge in [-0.15, -0.1) is 0 Å². The number of hydrogen-bond acceptors (Lipinski definition) is 7. The molecule has 0 bridgehead atoms. The first-order valence-corrected chi connectivity index (χ1v) is 10.1. The average Bonchev–Trinajstić information content (AvgIpc) is 2.72. The van der Waals surface area contributed by atoms with Gasteiger partial charge >= 0.3 is 0 Å². The molecule has 148 valence electrons. The highest BCUT2D eigenvalue weighted by molar-refractivity contribution is 14.1. The number of nitro groups is 1. The maximum Gasteiger partial charge on any atom is 0.270 e. The number of aromatic nitrogens is 2. The zero-order chi connectivity index (χ0) is 19.9. The molecule has 3 rings (SSSR count). The molecule has 1 aromatic carbocycles. The Morgan fingerprint density at radius 2 is 1.93 bits per heavy atom. The van der Waals surface area contributed by atoms with Crippen molar-refractivity contribution in [2.75, 3.05) is 44.2 Å². The van der Waals surface area contributed by atoms with Gasteiger partial charge in [-0.3, -0.25) is 19.8 Å². The number of anilines is 1. The molecule has 0 unspecified atom stereocenters. The molecule has 1 amide bonds. The first-order valence-electron chi connectivity index (χ1n) is 9.01. The summed E-state index contributed by atoms with van der Waals surface area (Å²) in [6, 6.07) is 6.12. The quantitative estimate of drug-likeness (QED) is 0.270. The number of piperazine rings is 1. The Labute approximate surface area is 176 Å². The van der Waals surface area contributed by atoms with Crippen LogP contribution in [0, 0.1) is 13.7 Å². The SMILES string of the molecule is O=C(NCCCN1CCN(c2ncccn2)CC1)c1cc([N+](=O)[O-])ccc1I. The Balaban J connectivity index is 1.40. The second kappa shape index (κ2) is 9.73. The van der Waals surface area contributed by atoms with Crippen molar-refractivity contribution in [1.29, 1.82) is 0 Å². The molecule has 0 saturated carbocycles. The van der Waals surface area contributed by atoms with E-state index in [9.17, 15) is 14.9 Å². The summed E-state index contributed by atoms with van der Waals surface area (Å²) in [5.41, 5.74) is 0.261. The van der Waals surface area contributed by atoms with Crippen molar-refractivity contribution in [3.63, 3.8) is 0 Å². The van der Waals surface area contributed by atoms with E-state index >= 15 is 0 Å². The van der Waals surface area contributed by atoms with Crippen LogP contribution in [0.15, 0.2) is 36.7 Å². The van der Waals surface area contributed by atoms with Crippen LogP contribution in [0.4, 0.5) is 11.6 Å². The molecule has 1 fully saturated rings. The summed E-state index contributed by atoms with van der Waals surface area (Å²) in [7, 11) is 0. The van der Waals surface area contributed by atoms with Crippen LogP contribution in [0.2, 0.25) is 0 Å². The van der Waals surface area contributed by atoms with Crippen LogP contribution in [0.5, 0.6) is 0 Å². The van der Waals surface area contributed by atoms with Crippen molar-refractivity contribution in [2.45, 2.75) is 6.42 Å². The van der Waals surface area contributed by atoms with E-state index in [-0.39, 0.29) is 11.6 Å². The lowest BCUT2D eigenvalue weighted by Crippen LogP contribution is -2.47. The number of rotatable bonds is 7. The van der Waals surface area contributed by atoms with Crippen LogP contribution >= 0.6 is 22.6 Å². The number of nitrogens with one attached hydrogen (secondary N) is 1. The van der Waals surface area contributed by atoms with E-state index in [0.717, 1.165) is 45.1 Å². The van der Waals surface area contributed by atoms with E-state index in [1.54, 1.807) is 18.5 Å². The molecule has 0 radical (unpaired) electrons. The first-order chi connectivity index (χ1) is 13.5. The van der Waals surface area contributed by atoms with E-state index in [0.29, 0.717) is 15.7 Å². The summed E-state index contributed by atoms with van der Waals surface area (Å²) in [4.78, 5) is 35.8. The number of carbonyl (C=O) groups is 1. The minimum Gasteiger partial charge on any atom is -0.352 e. The number of nitro benzene ring substituents is 1. The second-order valence-electron chi connectivity index (χ2n) is 6.41. The van der Waals surface area contributed by atoms with Gasteiger partial charge in [-0.05, 0) is 47.7 Å². The van der Waals surface area contributed by atoms with Gasteiger partial charge in [-0.1, -0.05) is 0 Å². The van der Waals surface area contributed by atoms with Crippen molar-refractivity contribution in [3.05, 3.63) is 55.9 Å². The van der Waals surface area contributed by atoms with Gasteiger partial charge < -0.3 is 10.2 Å². The van der Waals surface area contributed by atoms with Crippen LogP contribution < -0.4 is 10.2 Å². The molecular weight excluding hydrogens is 475 g/mol. The lowest BCUT2D eigenvalue weighted by atomic mass is 10.2. The molecule has 1 aromatic heterocycles. The van der Waals surface area contributed by atoms with Crippen LogP contribution in [0.25, 0.3) is 0 Å². The van der Waals surface area contributed by atoms with Gasteiger partial charge in [0.15, 0.2) is 0 Å². The molecule has 0 aliphatic carbocycles. The van der Waals surface area contributed by atoms with Gasteiger partial charge in [0.05, 0.1) is 10.5 Å². The zero-order valence-electron chi connectivity index (χ0n) is 15.3. The number of benzene rings is 1. The number of hydrogen-bond donors (Lipinski definition) is 1. The Bertz CT molecular complexity index is 827. The molecule has 1 aliphatic rings. The summed E-state index contributed by atoms with van der Waals surface area (Å²) in [5, 5.41) is 13.7. The van der Waals surface area contributed by atoms with E-state index in [1.807, 2.05) is 28.7 Å². The molecule has 9 nitrogen and oxygen atoms in total. The van der Waals surface area contributed by atoms with Gasteiger partial charge in [0.1, 0.15) is 0 Å². The molecule has 0 atom stereocenters. The van der Waals surface area contributed by atoms with E-state index in [2.05, 4.69) is 25.1 Å². The monoisotopic (exact) mass is 496 g/mol. The normalized spacial score (nSPS) is 14.7. The smallest absolute Gasteiger partial charge is 0.270 e. The third kappa shape index (κ3) is 5.35. The maximum absolute atomic E-state index is 12.3. The Morgan fingerprint density at radius 1 is 1.21 bits per heavy atom. The van der Waals surface area contributed by atoms with Crippen LogP contribution in [-0.2, 0) is 0 Å². The third-order valence-electron chi connectivity index (χ3n) is 4.55. The fraction of sp³-hybridized carbons (Fsp3) is 0.389. The molecule has 0 spiro atoms. The minimum absolute atomic E-state index is 0.0779. The number of carbonyl (C=O) groups excluding carboxylic acids is 1. The van der Waals surface area contributed by atoms with Gasteiger partial charge in [-0.2, -0.15) is 0 Å². The Kier molecular flexibility index (Phi) is 7.09. The molecule has 2 aromatic rings. The summed E-state index contributed by atoms with van der Waals surface area (Å²) in [5.74, 6) is 0.486. The predicted molar refractivity (Wildman–Crippen MR) is 113 cm³/mol. The number of halogens is 1. The van der Waals surface area contributed by atoms with E-state index in [4.69, 9.17) is 0 Å². The summed E-state index contributed by atoms with van der Waals surface area (Å²) < 4.78 is 0.694. The van der Waals surface area contributed by atoms with Crippen molar-refractivity contribution in [3.8, 4) is 0 Å². The lowest BCUT2D eigenvalue weighted by molar-refractivity contribution is -0.384. The average molecular weight is 496 g/mol. The van der Waals surface area contributed by atoms with Crippen molar-refractivity contribution in [2.24, 2.45) is 0 Å². The molecule has 1 saturated heterocycles. The molecule has 2 heterocycles. The fourth-order valence-electron chi connectivity index (χ4n) is 3.03. The fourth-order valence-corrected chi connectivity index (χ4v) is 3.61. The molecular formula is C18H21IN6O3. The van der Waals surface area contributed by atoms with E-state index in [1.165, 1.54) is 12.1 Å². The molecule has 1 aliphatic heterocycles. The third-order valence-corrected chi connectivity index (χ3v) is 5.49. The van der Waals surface area contributed by atoms with E-state index < -0.39 is 4.92 Å². The van der Waals surface area contributed by atoms with Crippen LogP contribution in [-0.4, -0.2) is 65.0 Å². The minimum atomic E-state index is -0.493. The van der Waals surface area contributed by atoms with Crippen molar-refractivity contribution >= 4 is 40.1 Å². The van der Waals surface area contributed by atoms with Crippen molar-refractivity contribution < 1.29 is 9.72 Å². The van der Waals surface area contributed by atoms with Crippen molar-refractivity contribution in [1.82, 2.24) is 20.2 Å². The lowest BCUT2D eigenvalue weighted by Gasteiger charge is -2.34. The highest BCUT2D eigenvalue weighted by atomic mass is 127. The number of amides is 1. The number of nitrogens with zero attached hydrogens (tertiary/aromatic N) is 5. The van der Waals surface area contributed by atoms with Gasteiger partial charge in [-0.25, -0.2) is 9.97 Å². The predicted octanol–water partition coefficient (Wildman–Crippen LogP) is 1.93. The van der Waals surface area contributed by atoms with Gasteiger partial charge in [0.2, 0.25) is 5.95 Å². The molecule has 10 heteroatoms. The van der Waals surface area contributed by atoms with Crippen LogP contribution in [0.1, 0.15) is 16.8 Å². The summed E-state index contributed by atoms with van der Waals surface area (Å²) in [6.07, 6.45) is 4.32. The topological polar surface area (TPSA) is 104 Å². The van der Waals surface area contributed by atoms with Crippen LogP contribution in [0.3, 0.4) is 0 Å².